The second kappa shape index (κ2) is 4.70. The van der Waals surface area contributed by atoms with Gasteiger partial charge in [-0.15, -0.1) is 0 Å². The minimum atomic E-state index is 0.0492. The van der Waals surface area contributed by atoms with Gasteiger partial charge in [-0.1, -0.05) is 27.7 Å². The number of rotatable bonds is 2. The average molecular weight is 280 g/mol. The summed E-state index contributed by atoms with van der Waals surface area (Å²) < 4.78 is 4.57. The second-order valence-electron chi connectivity index (χ2n) is 6.86. The van der Waals surface area contributed by atoms with Crippen molar-refractivity contribution in [1.29, 1.82) is 0 Å². The number of hydrogen-bond acceptors (Lipinski definition) is 5. The van der Waals surface area contributed by atoms with Crippen molar-refractivity contribution in [3.8, 4) is 0 Å². The van der Waals surface area contributed by atoms with Crippen molar-refractivity contribution in [3.05, 3.63) is 5.82 Å². The highest BCUT2D eigenvalue weighted by Gasteiger charge is 2.44. The fourth-order valence-electron chi connectivity index (χ4n) is 3.40. The fourth-order valence-corrected chi connectivity index (χ4v) is 4.33. The summed E-state index contributed by atoms with van der Waals surface area (Å²) in [7, 11) is 0. The van der Waals surface area contributed by atoms with Crippen LogP contribution in [0.2, 0.25) is 0 Å². The molecule has 0 saturated carbocycles. The summed E-state index contributed by atoms with van der Waals surface area (Å²) >= 11 is 1.58. The lowest BCUT2D eigenvalue weighted by molar-refractivity contribution is 0.441. The van der Waals surface area contributed by atoms with Crippen molar-refractivity contribution < 1.29 is 0 Å². The Kier molecular flexibility index (Phi) is 3.29. The Labute approximate surface area is 119 Å². The van der Waals surface area contributed by atoms with Crippen LogP contribution in [0.25, 0.3) is 0 Å². The fraction of sp³-hybridized carbons (Fsp3) is 0.857. The third-order valence-corrected chi connectivity index (χ3v) is 5.22. The zero-order valence-electron chi connectivity index (χ0n) is 12.3. The number of anilines is 1. The van der Waals surface area contributed by atoms with Gasteiger partial charge in [-0.3, -0.25) is 0 Å². The lowest BCUT2D eigenvalue weighted by Crippen LogP contribution is -2.35. The third kappa shape index (κ3) is 2.27. The van der Waals surface area contributed by atoms with Crippen LogP contribution in [0.1, 0.15) is 39.9 Å². The number of aromatic nitrogens is 2. The maximum absolute atomic E-state index is 4.80. The zero-order valence-corrected chi connectivity index (χ0v) is 13.1. The third-order valence-electron chi connectivity index (χ3n) is 4.47. The first-order valence-electron chi connectivity index (χ1n) is 7.32. The smallest absolute Gasteiger partial charge is 0.205 e. The van der Waals surface area contributed by atoms with E-state index in [1.54, 1.807) is 11.5 Å². The van der Waals surface area contributed by atoms with Crippen molar-refractivity contribution in [1.82, 2.24) is 14.7 Å². The molecule has 1 aromatic rings. The van der Waals surface area contributed by atoms with E-state index in [-0.39, 0.29) is 5.41 Å². The number of nitrogens with one attached hydrogen (secondary N) is 1. The predicted molar refractivity (Wildman–Crippen MR) is 79.9 cm³/mol. The van der Waals surface area contributed by atoms with E-state index < -0.39 is 0 Å². The first-order chi connectivity index (χ1) is 9.00. The molecule has 0 radical (unpaired) electrons. The molecule has 1 aromatic heterocycles. The van der Waals surface area contributed by atoms with Gasteiger partial charge in [0.05, 0.1) is 0 Å². The summed E-state index contributed by atoms with van der Waals surface area (Å²) in [6, 6.07) is 0.640. The molecule has 0 spiro atoms. The van der Waals surface area contributed by atoms with Gasteiger partial charge in [-0.2, -0.15) is 4.37 Å². The van der Waals surface area contributed by atoms with Gasteiger partial charge in [-0.05, 0) is 18.3 Å². The highest BCUT2D eigenvalue weighted by molar-refractivity contribution is 7.09. The molecule has 0 amide bonds. The van der Waals surface area contributed by atoms with Gasteiger partial charge >= 0.3 is 0 Å². The van der Waals surface area contributed by atoms with E-state index in [1.165, 1.54) is 19.5 Å². The van der Waals surface area contributed by atoms with Gasteiger partial charge < -0.3 is 10.2 Å². The van der Waals surface area contributed by atoms with Crippen LogP contribution in [0.4, 0.5) is 5.13 Å². The molecule has 2 aliphatic rings. The molecule has 2 saturated heterocycles. The quantitative estimate of drug-likeness (QED) is 0.902. The van der Waals surface area contributed by atoms with E-state index in [2.05, 4.69) is 42.3 Å². The molecule has 3 heterocycles. The Bertz CT molecular complexity index is 451. The molecule has 19 heavy (non-hydrogen) atoms. The maximum atomic E-state index is 4.80. The van der Waals surface area contributed by atoms with Crippen LogP contribution in [0.3, 0.4) is 0 Å². The van der Waals surface area contributed by atoms with Gasteiger partial charge in [-0.25, -0.2) is 4.98 Å². The molecule has 0 bridgehead atoms. The molecular weight excluding hydrogens is 256 g/mol. The standard InChI is InChI=1S/C14H24N4S/c1-5-11-10-7-15-6-9(10)8-18(11)13-16-12(17-19-13)14(2,3)4/h9-11,15H,5-8H2,1-4H3. The summed E-state index contributed by atoms with van der Waals surface area (Å²) in [5.74, 6) is 2.58. The lowest BCUT2D eigenvalue weighted by atomic mass is 9.93. The van der Waals surface area contributed by atoms with Crippen LogP contribution in [0, 0.1) is 11.8 Å². The van der Waals surface area contributed by atoms with E-state index in [4.69, 9.17) is 4.98 Å². The van der Waals surface area contributed by atoms with Gasteiger partial charge in [0, 0.05) is 42.6 Å². The highest BCUT2D eigenvalue weighted by Crippen LogP contribution is 2.38. The van der Waals surface area contributed by atoms with Crippen LogP contribution < -0.4 is 10.2 Å². The first kappa shape index (κ1) is 13.3. The van der Waals surface area contributed by atoms with Gasteiger partial charge in [0.15, 0.2) is 0 Å². The number of hydrogen-bond donors (Lipinski definition) is 1. The monoisotopic (exact) mass is 280 g/mol. The molecule has 3 rings (SSSR count). The molecule has 2 aliphatic heterocycles. The lowest BCUT2D eigenvalue weighted by Gasteiger charge is -2.26. The molecule has 0 aromatic carbocycles. The summed E-state index contributed by atoms with van der Waals surface area (Å²) in [5, 5.41) is 4.66. The van der Waals surface area contributed by atoms with Crippen molar-refractivity contribution >= 4 is 16.7 Å². The van der Waals surface area contributed by atoms with Crippen LogP contribution >= 0.6 is 11.5 Å². The second-order valence-corrected chi connectivity index (χ2v) is 7.59. The maximum Gasteiger partial charge on any atom is 0.205 e. The van der Waals surface area contributed by atoms with Crippen LogP contribution in [-0.2, 0) is 5.41 Å². The largest absolute Gasteiger partial charge is 0.343 e. The Hall–Kier alpha value is -0.680. The minimum absolute atomic E-state index is 0.0492. The van der Waals surface area contributed by atoms with E-state index in [0.717, 1.165) is 29.3 Å². The Balaban J connectivity index is 1.84. The molecule has 0 aliphatic carbocycles. The number of fused-ring (bicyclic) bond motifs is 1. The molecule has 106 valence electrons. The average Bonchev–Trinajstić information content (AvgIpc) is 3.01. The number of nitrogens with zero attached hydrogens (tertiary/aromatic N) is 3. The highest BCUT2D eigenvalue weighted by atomic mass is 32.1. The van der Waals surface area contributed by atoms with Gasteiger partial charge in [0.2, 0.25) is 5.13 Å². The van der Waals surface area contributed by atoms with E-state index in [0.29, 0.717) is 6.04 Å². The van der Waals surface area contributed by atoms with E-state index in [9.17, 15) is 0 Å². The molecule has 3 unspecified atom stereocenters. The van der Waals surface area contributed by atoms with Crippen molar-refractivity contribution in [3.63, 3.8) is 0 Å². The molecule has 2 fully saturated rings. The molecule has 3 atom stereocenters. The van der Waals surface area contributed by atoms with Crippen molar-refractivity contribution in [2.24, 2.45) is 11.8 Å². The summed E-state index contributed by atoms with van der Waals surface area (Å²) in [6.45, 7) is 12.3. The topological polar surface area (TPSA) is 41.0 Å². The Morgan fingerprint density at radius 2 is 2.16 bits per heavy atom. The minimum Gasteiger partial charge on any atom is -0.343 e. The molecule has 1 N–H and O–H groups in total. The Morgan fingerprint density at radius 1 is 1.37 bits per heavy atom. The zero-order chi connectivity index (χ0) is 13.6. The van der Waals surface area contributed by atoms with E-state index >= 15 is 0 Å². The molecule has 5 heteroatoms. The van der Waals surface area contributed by atoms with Gasteiger partial charge in [0.25, 0.3) is 0 Å². The van der Waals surface area contributed by atoms with Crippen molar-refractivity contribution in [2.45, 2.75) is 45.6 Å². The van der Waals surface area contributed by atoms with E-state index in [1.807, 2.05) is 0 Å². The first-order valence-corrected chi connectivity index (χ1v) is 8.09. The SMILES string of the molecule is CCC1C2CNCC2CN1c1nc(C(C)(C)C)ns1. The molecule has 4 nitrogen and oxygen atoms in total. The van der Waals surface area contributed by atoms with Crippen LogP contribution in [0.15, 0.2) is 0 Å². The summed E-state index contributed by atoms with van der Waals surface area (Å²) in [5.41, 5.74) is 0.0492. The summed E-state index contributed by atoms with van der Waals surface area (Å²) in [4.78, 5) is 7.32. The van der Waals surface area contributed by atoms with Crippen LogP contribution in [0.5, 0.6) is 0 Å². The normalized spacial score (nSPS) is 30.9. The van der Waals surface area contributed by atoms with Crippen LogP contribution in [-0.4, -0.2) is 35.0 Å². The Morgan fingerprint density at radius 3 is 2.79 bits per heavy atom. The van der Waals surface area contributed by atoms with Gasteiger partial charge in [0.1, 0.15) is 5.82 Å². The molecular formula is C14H24N4S. The van der Waals surface area contributed by atoms with Crippen molar-refractivity contribution in [2.75, 3.05) is 24.5 Å². The predicted octanol–water partition coefficient (Wildman–Crippen LogP) is 2.27. The summed E-state index contributed by atoms with van der Waals surface area (Å²) in [6.07, 6.45) is 1.20.